The highest BCUT2D eigenvalue weighted by molar-refractivity contribution is 5.86. The Labute approximate surface area is 68.3 Å². The van der Waals surface area contributed by atoms with Gasteiger partial charge in [-0.1, -0.05) is 0 Å². The maximum absolute atomic E-state index is 0. The third kappa shape index (κ3) is 52.9. The molecule has 0 aromatic rings. The van der Waals surface area contributed by atoms with Crippen molar-refractivity contribution in [3.05, 3.63) is 0 Å². The van der Waals surface area contributed by atoms with Gasteiger partial charge in [0.05, 0.1) is 0 Å². The highest BCUT2D eigenvalue weighted by atomic mass is 35.5. The summed E-state index contributed by atoms with van der Waals surface area (Å²) in [5, 5.41) is 0. The highest BCUT2D eigenvalue weighted by Crippen LogP contribution is 0.694. The molecule has 48 valence electrons. The number of hydrogen-bond donors (Lipinski definition) is 1. The largest absolute Gasteiger partial charge is 0.344 e. The molecule has 0 unspecified atom stereocenters. The molecule has 6 heteroatoms. The zero-order valence-corrected chi connectivity index (χ0v) is 6.83. The molecule has 0 aliphatic heterocycles. The number of rotatable bonds is 0. The minimum Gasteiger partial charge on any atom is -0.344 e. The monoisotopic (exact) mass is 197 g/mol. The Hall–Kier alpha value is 1.41. The van der Waals surface area contributed by atoms with Gasteiger partial charge in [0.15, 0.2) is 0 Å². The second kappa shape index (κ2) is 94.4. The molecule has 0 saturated heterocycles. The second-order valence-corrected chi connectivity index (χ2v) is 0. The van der Waals surface area contributed by atoms with Crippen LogP contribution in [0.25, 0.3) is 0 Å². The van der Waals surface area contributed by atoms with Crippen molar-refractivity contribution < 1.29 is 0 Å². The first-order chi connectivity index (χ1) is 0. The van der Waals surface area contributed by atoms with Crippen molar-refractivity contribution in [1.29, 1.82) is 0 Å². The summed E-state index contributed by atoms with van der Waals surface area (Å²) in [5.74, 6) is 0. The van der Waals surface area contributed by atoms with Gasteiger partial charge in [0.1, 0.15) is 0 Å². The summed E-state index contributed by atoms with van der Waals surface area (Å²) in [7, 11) is 0. The molecule has 0 atom stereocenters. The Morgan fingerprint density at radius 2 is 0.333 bits per heavy atom. The Bertz CT molecular complexity index is 3.90. The Balaban J connectivity index is 0. The van der Waals surface area contributed by atoms with E-state index in [1.807, 2.05) is 0 Å². The van der Waals surface area contributed by atoms with Gasteiger partial charge < -0.3 is 6.15 Å². The minimum absolute atomic E-state index is 0. The number of hydrogen-bond acceptors (Lipinski definition) is 1. The van der Waals surface area contributed by atoms with Gasteiger partial charge in [-0.15, -0.1) is 62.0 Å². The molecule has 1 nitrogen and oxygen atoms in total. The average Bonchev–Trinajstić information content (AvgIpc) is 0. The normalized spacial score (nSPS) is 0. The Kier molecular flexibility index (Phi) is 2410. The van der Waals surface area contributed by atoms with Crippen molar-refractivity contribution in [2.24, 2.45) is 0 Å². The first-order valence-corrected chi connectivity index (χ1v) is 0. The summed E-state index contributed by atoms with van der Waals surface area (Å²) < 4.78 is 0. The molecule has 0 radical (unpaired) electrons. The average molecular weight is 199 g/mol. The lowest BCUT2D eigenvalue weighted by Gasteiger charge is -0.344. The minimum atomic E-state index is 0. The summed E-state index contributed by atoms with van der Waals surface area (Å²) >= 11 is 0. The molecule has 0 amide bonds. The van der Waals surface area contributed by atoms with E-state index in [9.17, 15) is 0 Å². The van der Waals surface area contributed by atoms with Crippen molar-refractivity contribution in [1.82, 2.24) is 6.15 Å². The highest BCUT2D eigenvalue weighted by Gasteiger charge is -0.143. The van der Waals surface area contributed by atoms with E-state index < -0.39 is 0 Å². The molecule has 0 fully saturated rings. The SMILES string of the molecule is Cl.Cl.Cl.Cl.Cl.N. The van der Waals surface area contributed by atoms with Crippen molar-refractivity contribution in [2.75, 3.05) is 0 Å². The Morgan fingerprint density at radius 1 is 0.333 bits per heavy atom. The van der Waals surface area contributed by atoms with Crippen molar-refractivity contribution in [3.8, 4) is 0 Å². The van der Waals surface area contributed by atoms with E-state index in [1.54, 1.807) is 0 Å². The predicted octanol–water partition coefficient (Wildman–Crippen LogP) is 2.27. The van der Waals surface area contributed by atoms with E-state index in [0.29, 0.717) is 0 Å². The van der Waals surface area contributed by atoms with Gasteiger partial charge in [-0.3, -0.25) is 0 Å². The van der Waals surface area contributed by atoms with Crippen LogP contribution in [-0.2, 0) is 0 Å². The molecule has 0 rings (SSSR count). The van der Waals surface area contributed by atoms with E-state index in [2.05, 4.69) is 0 Å². The standard InChI is InChI=1S/5ClH.H3N/h5*1H;1H3. The first kappa shape index (κ1) is 153. The molecule has 0 aromatic heterocycles. The van der Waals surface area contributed by atoms with Crippen molar-refractivity contribution in [3.63, 3.8) is 0 Å². The van der Waals surface area contributed by atoms with Gasteiger partial charge in [-0.2, -0.15) is 0 Å². The van der Waals surface area contributed by atoms with E-state index in [4.69, 9.17) is 0 Å². The van der Waals surface area contributed by atoms with Crippen LogP contribution >= 0.6 is 62.0 Å². The molecule has 0 saturated carbocycles. The van der Waals surface area contributed by atoms with Crippen LogP contribution in [0.3, 0.4) is 0 Å². The Morgan fingerprint density at radius 3 is 0.333 bits per heavy atom. The molecule has 0 spiro atoms. The van der Waals surface area contributed by atoms with Crippen LogP contribution in [0.15, 0.2) is 0 Å². The molecule has 0 aliphatic carbocycles. The topological polar surface area (TPSA) is 35.0 Å². The summed E-state index contributed by atoms with van der Waals surface area (Å²) in [6, 6.07) is 0. The van der Waals surface area contributed by atoms with Gasteiger partial charge in [-0.05, 0) is 0 Å². The van der Waals surface area contributed by atoms with Crippen LogP contribution in [0.5, 0.6) is 0 Å². The van der Waals surface area contributed by atoms with Gasteiger partial charge >= 0.3 is 0 Å². The third-order valence-corrected chi connectivity index (χ3v) is 0. The molecular formula is H8Cl5N. The summed E-state index contributed by atoms with van der Waals surface area (Å²) in [6.07, 6.45) is 0. The van der Waals surface area contributed by atoms with E-state index in [-0.39, 0.29) is 68.2 Å². The fourth-order valence-electron chi connectivity index (χ4n) is 0. The predicted molar refractivity (Wildman–Crippen MR) is 41.3 cm³/mol. The van der Waals surface area contributed by atoms with Crippen LogP contribution in [0.4, 0.5) is 0 Å². The molecule has 6 heavy (non-hydrogen) atoms. The van der Waals surface area contributed by atoms with E-state index in [1.165, 1.54) is 0 Å². The zero-order chi connectivity index (χ0) is 0. The molecule has 0 heterocycles. The van der Waals surface area contributed by atoms with Crippen molar-refractivity contribution in [2.45, 2.75) is 0 Å². The zero-order valence-electron chi connectivity index (χ0n) is 2.75. The lowest BCUT2D eigenvalue weighted by molar-refractivity contribution is 2.13. The van der Waals surface area contributed by atoms with Crippen LogP contribution in [0.2, 0.25) is 0 Å². The van der Waals surface area contributed by atoms with Gasteiger partial charge in [-0.25, -0.2) is 0 Å². The fourth-order valence-corrected chi connectivity index (χ4v) is 0. The maximum atomic E-state index is 0. The summed E-state index contributed by atoms with van der Waals surface area (Å²) in [6.45, 7) is 0. The summed E-state index contributed by atoms with van der Waals surface area (Å²) in [4.78, 5) is 0. The van der Waals surface area contributed by atoms with Crippen LogP contribution in [0, 0.1) is 0 Å². The van der Waals surface area contributed by atoms with E-state index >= 15 is 0 Å². The quantitative estimate of drug-likeness (QED) is 0.638. The van der Waals surface area contributed by atoms with Crippen molar-refractivity contribution >= 4 is 62.0 Å². The molecular weight excluding hydrogens is 191 g/mol. The first-order valence-electron chi connectivity index (χ1n) is 0. The van der Waals surface area contributed by atoms with Gasteiger partial charge in [0, 0.05) is 0 Å². The maximum Gasteiger partial charge on any atom is -0.147 e. The fraction of sp³-hybridized carbons (Fsp3) is 0. The third-order valence-electron chi connectivity index (χ3n) is 0. The van der Waals surface area contributed by atoms with Gasteiger partial charge in [0.2, 0.25) is 0 Å². The van der Waals surface area contributed by atoms with Crippen LogP contribution in [0.1, 0.15) is 0 Å². The van der Waals surface area contributed by atoms with Crippen LogP contribution in [-0.4, -0.2) is 0 Å². The molecule has 3 N–H and O–H groups in total. The van der Waals surface area contributed by atoms with E-state index in [0.717, 1.165) is 0 Å². The van der Waals surface area contributed by atoms with Crippen LogP contribution < -0.4 is 6.15 Å². The smallest absolute Gasteiger partial charge is 0.147 e. The molecule has 0 aliphatic rings. The van der Waals surface area contributed by atoms with Gasteiger partial charge in [0.25, 0.3) is 0 Å². The number of halogens is 5. The summed E-state index contributed by atoms with van der Waals surface area (Å²) in [5.41, 5.74) is 0. The lowest BCUT2D eigenvalue weighted by atomic mass is 14.0. The molecule has 0 bridgehead atoms. The molecule has 0 aromatic carbocycles. The second-order valence-electron chi connectivity index (χ2n) is 0. The lowest BCUT2D eigenvalue weighted by Crippen LogP contribution is -0.481.